The van der Waals surface area contributed by atoms with E-state index in [0.29, 0.717) is 30.4 Å². The van der Waals surface area contributed by atoms with E-state index in [-0.39, 0.29) is 11.5 Å². The van der Waals surface area contributed by atoms with Crippen LogP contribution in [0.2, 0.25) is 0 Å². The third-order valence-corrected chi connectivity index (χ3v) is 2.54. The summed E-state index contributed by atoms with van der Waals surface area (Å²) in [6, 6.07) is 5.14. The van der Waals surface area contributed by atoms with Gasteiger partial charge in [-0.25, -0.2) is 4.63 Å². The zero-order valence-electron chi connectivity index (χ0n) is 11.8. The van der Waals surface area contributed by atoms with Crippen molar-refractivity contribution in [3.63, 3.8) is 0 Å². The maximum absolute atomic E-state index is 12.1. The molecule has 8 nitrogen and oxygen atoms in total. The lowest BCUT2D eigenvalue weighted by Crippen LogP contribution is -2.15. The molecule has 0 spiro atoms. The number of carbonyl (C=O) groups excluding carboxylic acids is 1. The van der Waals surface area contributed by atoms with Crippen LogP contribution in [0.25, 0.3) is 0 Å². The van der Waals surface area contributed by atoms with Crippen LogP contribution in [-0.4, -0.2) is 29.4 Å². The smallest absolute Gasteiger partial charge is 0.281 e. The number of benzene rings is 1. The average Bonchev–Trinajstić information content (AvgIpc) is 2.88. The summed E-state index contributed by atoms with van der Waals surface area (Å²) in [6.07, 6.45) is 0. The first-order valence-electron chi connectivity index (χ1n) is 6.44. The Balaban J connectivity index is 2.25. The Labute approximate surface area is 121 Å². The number of rotatable bonds is 6. The number of aromatic nitrogens is 2. The van der Waals surface area contributed by atoms with Gasteiger partial charge in [0.05, 0.1) is 18.9 Å². The molecule has 1 amide bonds. The summed E-state index contributed by atoms with van der Waals surface area (Å²) in [4.78, 5) is 12.1. The standard InChI is InChI=1S/C13H16N4O4/c1-3-19-8-5-6-10(20-4-2)9(7-8)15-13(18)11-12(14)17-21-16-11/h5-7H,3-4H2,1-2H3,(H2,14,17)(H,15,18). The number of nitrogens with one attached hydrogen (secondary N) is 1. The highest BCUT2D eigenvalue weighted by atomic mass is 16.6. The van der Waals surface area contributed by atoms with E-state index in [0.717, 1.165) is 0 Å². The normalized spacial score (nSPS) is 10.2. The van der Waals surface area contributed by atoms with Gasteiger partial charge < -0.3 is 20.5 Å². The van der Waals surface area contributed by atoms with Crippen LogP contribution in [0.4, 0.5) is 11.5 Å². The van der Waals surface area contributed by atoms with E-state index >= 15 is 0 Å². The molecule has 0 aliphatic heterocycles. The van der Waals surface area contributed by atoms with Crippen molar-refractivity contribution in [2.75, 3.05) is 24.3 Å². The molecule has 0 bridgehead atoms. The number of anilines is 2. The summed E-state index contributed by atoms with van der Waals surface area (Å²) in [5.74, 6) is 0.515. The molecule has 3 N–H and O–H groups in total. The molecule has 0 atom stereocenters. The number of amides is 1. The van der Waals surface area contributed by atoms with Crippen LogP contribution in [0, 0.1) is 0 Å². The van der Waals surface area contributed by atoms with Crippen LogP contribution in [0.1, 0.15) is 24.3 Å². The minimum atomic E-state index is -0.539. The number of nitrogens with two attached hydrogens (primary N) is 1. The van der Waals surface area contributed by atoms with Crippen molar-refractivity contribution in [3.05, 3.63) is 23.9 Å². The maximum atomic E-state index is 12.1. The Morgan fingerprint density at radius 3 is 2.67 bits per heavy atom. The van der Waals surface area contributed by atoms with E-state index in [2.05, 4.69) is 20.3 Å². The predicted molar refractivity (Wildman–Crippen MR) is 75.4 cm³/mol. The van der Waals surface area contributed by atoms with E-state index in [9.17, 15) is 4.79 Å². The van der Waals surface area contributed by atoms with Gasteiger partial charge in [0.25, 0.3) is 5.91 Å². The highest BCUT2D eigenvalue weighted by molar-refractivity contribution is 6.06. The molecule has 1 aromatic carbocycles. The van der Waals surface area contributed by atoms with Gasteiger partial charge in [0, 0.05) is 6.07 Å². The van der Waals surface area contributed by atoms with Gasteiger partial charge in [-0.15, -0.1) is 0 Å². The van der Waals surface area contributed by atoms with Gasteiger partial charge in [0.15, 0.2) is 0 Å². The van der Waals surface area contributed by atoms with Crippen LogP contribution in [0.3, 0.4) is 0 Å². The molecular weight excluding hydrogens is 276 g/mol. The first kappa shape index (κ1) is 14.6. The fourth-order valence-corrected chi connectivity index (χ4v) is 1.68. The van der Waals surface area contributed by atoms with Crippen LogP contribution in [0.15, 0.2) is 22.8 Å². The van der Waals surface area contributed by atoms with Gasteiger partial charge in [0.1, 0.15) is 11.5 Å². The molecule has 2 rings (SSSR count). The topological polar surface area (TPSA) is 112 Å². The lowest BCUT2D eigenvalue weighted by atomic mass is 10.2. The number of ether oxygens (including phenoxy) is 2. The molecule has 0 fully saturated rings. The minimum Gasteiger partial charge on any atom is -0.494 e. The molecule has 0 radical (unpaired) electrons. The van der Waals surface area contributed by atoms with Crippen molar-refractivity contribution in [2.24, 2.45) is 0 Å². The SMILES string of the molecule is CCOc1ccc(OCC)c(NC(=O)c2nonc2N)c1. The number of hydrogen-bond acceptors (Lipinski definition) is 7. The van der Waals surface area contributed by atoms with Crippen molar-refractivity contribution in [1.29, 1.82) is 0 Å². The molecule has 1 aromatic heterocycles. The Morgan fingerprint density at radius 1 is 1.29 bits per heavy atom. The molecule has 8 heteroatoms. The zero-order valence-corrected chi connectivity index (χ0v) is 11.8. The molecule has 0 unspecified atom stereocenters. The largest absolute Gasteiger partial charge is 0.494 e. The van der Waals surface area contributed by atoms with E-state index in [1.54, 1.807) is 18.2 Å². The molecule has 1 heterocycles. The second-order valence-corrected chi connectivity index (χ2v) is 3.98. The lowest BCUT2D eigenvalue weighted by Gasteiger charge is -2.12. The first-order chi connectivity index (χ1) is 10.2. The van der Waals surface area contributed by atoms with E-state index < -0.39 is 5.91 Å². The maximum Gasteiger partial charge on any atom is 0.281 e. The Hall–Kier alpha value is -2.77. The summed E-state index contributed by atoms with van der Waals surface area (Å²) < 4.78 is 15.3. The third-order valence-electron chi connectivity index (χ3n) is 2.54. The lowest BCUT2D eigenvalue weighted by molar-refractivity contribution is 0.101. The Kier molecular flexibility index (Phi) is 4.60. The highest BCUT2D eigenvalue weighted by Crippen LogP contribution is 2.30. The summed E-state index contributed by atoms with van der Waals surface area (Å²) in [7, 11) is 0. The summed E-state index contributed by atoms with van der Waals surface area (Å²) >= 11 is 0. The van der Waals surface area contributed by atoms with E-state index in [4.69, 9.17) is 15.2 Å². The molecule has 0 aliphatic rings. The van der Waals surface area contributed by atoms with Gasteiger partial charge >= 0.3 is 0 Å². The number of carbonyl (C=O) groups is 1. The van der Waals surface area contributed by atoms with Crippen molar-refractivity contribution in [3.8, 4) is 11.5 Å². The fourth-order valence-electron chi connectivity index (χ4n) is 1.68. The minimum absolute atomic E-state index is 0.0774. The number of nitrogens with zero attached hydrogens (tertiary/aromatic N) is 2. The fraction of sp³-hybridized carbons (Fsp3) is 0.308. The molecular formula is C13H16N4O4. The van der Waals surface area contributed by atoms with Crippen LogP contribution in [-0.2, 0) is 0 Å². The van der Waals surface area contributed by atoms with Gasteiger partial charge in [-0.2, -0.15) is 0 Å². The second-order valence-electron chi connectivity index (χ2n) is 3.98. The Bertz CT molecular complexity index is 626. The van der Waals surface area contributed by atoms with E-state index in [1.807, 2.05) is 13.8 Å². The molecule has 21 heavy (non-hydrogen) atoms. The van der Waals surface area contributed by atoms with Crippen molar-refractivity contribution >= 4 is 17.4 Å². The van der Waals surface area contributed by atoms with Gasteiger partial charge in [0.2, 0.25) is 11.5 Å². The summed E-state index contributed by atoms with van der Waals surface area (Å²) in [5, 5.41) is 9.46. The summed E-state index contributed by atoms with van der Waals surface area (Å²) in [5.41, 5.74) is 5.86. The third kappa shape index (κ3) is 3.41. The Morgan fingerprint density at radius 2 is 2.05 bits per heavy atom. The molecule has 0 aliphatic carbocycles. The van der Waals surface area contributed by atoms with E-state index in [1.165, 1.54) is 0 Å². The highest BCUT2D eigenvalue weighted by Gasteiger charge is 2.18. The number of nitrogen functional groups attached to an aromatic ring is 1. The molecule has 2 aromatic rings. The van der Waals surface area contributed by atoms with Crippen molar-refractivity contribution in [2.45, 2.75) is 13.8 Å². The monoisotopic (exact) mass is 292 g/mol. The number of hydrogen-bond donors (Lipinski definition) is 2. The molecule has 112 valence electrons. The zero-order chi connectivity index (χ0) is 15.2. The quantitative estimate of drug-likeness (QED) is 0.833. The van der Waals surface area contributed by atoms with Crippen LogP contribution in [0.5, 0.6) is 11.5 Å². The molecule has 0 saturated heterocycles. The second kappa shape index (κ2) is 6.60. The van der Waals surface area contributed by atoms with Gasteiger partial charge in [-0.05, 0) is 36.3 Å². The van der Waals surface area contributed by atoms with Crippen molar-refractivity contribution in [1.82, 2.24) is 10.3 Å². The predicted octanol–water partition coefficient (Wildman–Crippen LogP) is 1.70. The molecule has 0 saturated carbocycles. The first-order valence-corrected chi connectivity index (χ1v) is 6.44. The summed E-state index contributed by atoms with van der Waals surface area (Å²) in [6.45, 7) is 4.70. The average molecular weight is 292 g/mol. The van der Waals surface area contributed by atoms with Crippen LogP contribution < -0.4 is 20.5 Å². The van der Waals surface area contributed by atoms with Gasteiger partial charge in [-0.1, -0.05) is 0 Å². The van der Waals surface area contributed by atoms with Crippen LogP contribution >= 0.6 is 0 Å². The van der Waals surface area contributed by atoms with Gasteiger partial charge in [-0.3, -0.25) is 4.79 Å². The van der Waals surface area contributed by atoms with Crippen molar-refractivity contribution < 1.29 is 18.9 Å².